The topological polar surface area (TPSA) is 38.5 Å². The molecule has 0 saturated carbocycles. The SMILES string of the molecule is COC(C)(C)CC(CN)N(C)C(C)CCSC. The van der Waals surface area contributed by atoms with Gasteiger partial charge in [-0.2, -0.15) is 11.8 Å². The van der Waals surface area contributed by atoms with Crippen LogP contribution in [0.15, 0.2) is 0 Å². The highest BCUT2D eigenvalue weighted by Gasteiger charge is 2.26. The Morgan fingerprint density at radius 2 is 2.00 bits per heavy atom. The van der Waals surface area contributed by atoms with Crippen molar-refractivity contribution in [2.75, 3.05) is 32.7 Å². The number of nitrogens with zero attached hydrogens (tertiary/aromatic N) is 1. The van der Waals surface area contributed by atoms with E-state index < -0.39 is 0 Å². The summed E-state index contributed by atoms with van der Waals surface area (Å²) in [6.07, 6.45) is 4.34. The van der Waals surface area contributed by atoms with Gasteiger partial charge in [-0.3, -0.25) is 4.90 Å². The molecule has 0 aromatic heterocycles. The van der Waals surface area contributed by atoms with Crippen molar-refractivity contribution in [2.24, 2.45) is 5.73 Å². The van der Waals surface area contributed by atoms with Crippen LogP contribution in [0.4, 0.5) is 0 Å². The van der Waals surface area contributed by atoms with E-state index in [9.17, 15) is 0 Å². The Morgan fingerprint density at radius 1 is 1.41 bits per heavy atom. The quantitative estimate of drug-likeness (QED) is 0.691. The third-order valence-corrected chi connectivity index (χ3v) is 4.21. The predicted molar refractivity (Wildman–Crippen MR) is 78.8 cm³/mol. The lowest BCUT2D eigenvalue weighted by molar-refractivity contribution is -0.00880. The molecule has 2 atom stereocenters. The van der Waals surface area contributed by atoms with Crippen LogP contribution >= 0.6 is 11.8 Å². The molecule has 0 radical (unpaired) electrons. The highest BCUT2D eigenvalue weighted by Crippen LogP contribution is 2.20. The van der Waals surface area contributed by atoms with E-state index >= 15 is 0 Å². The zero-order valence-corrected chi connectivity index (χ0v) is 13.1. The summed E-state index contributed by atoms with van der Waals surface area (Å²) in [7, 11) is 3.94. The molecule has 104 valence electrons. The number of hydrogen-bond donors (Lipinski definition) is 1. The van der Waals surface area contributed by atoms with Gasteiger partial charge in [0, 0.05) is 25.7 Å². The molecule has 0 rings (SSSR count). The van der Waals surface area contributed by atoms with Crippen LogP contribution in [0, 0.1) is 0 Å². The molecule has 0 bridgehead atoms. The average Bonchev–Trinajstić information content (AvgIpc) is 2.32. The summed E-state index contributed by atoms with van der Waals surface area (Å²) in [6, 6.07) is 0.963. The summed E-state index contributed by atoms with van der Waals surface area (Å²) in [6.45, 7) is 7.21. The molecular formula is C13H30N2OS. The number of thioether (sulfide) groups is 1. The minimum atomic E-state index is -0.0997. The lowest BCUT2D eigenvalue weighted by Gasteiger charge is -2.37. The van der Waals surface area contributed by atoms with Crippen molar-refractivity contribution in [1.82, 2.24) is 4.90 Å². The van der Waals surface area contributed by atoms with Gasteiger partial charge in [0.25, 0.3) is 0 Å². The number of methoxy groups -OCH3 is 1. The molecule has 17 heavy (non-hydrogen) atoms. The third kappa shape index (κ3) is 6.65. The fourth-order valence-corrected chi connectivity index (χ4v) is 2.47. The van der Waals surface area contributed by atoms with Crippen LogP contribution in [0.2, 0.25) is 0 Å². The minimum absolute atomic E-state index is 0.0997. The van der Waals surface area contributed by atoms with Crippen molar-refractivity contribution in [3.05, 3.63) is 0 Å². The maximum Gasteiger partial charge on any atom is 0.0638 e. The summed E-state index contributed by atoms with van der Waals surface area (Å²) >= 11 is 1.90. The predicted octanol–water partition coefficient (Wildman–Crippen LogP) is 2.20. The molecule has 0 aromatic carbocycles. The first-order valence-electron chi connectivity index (χ1n) is 6.34. The first-order chi connectivity index (χ1) is 7.87. The van der Waals surface area contributed by atoms with Crippen LogP contribution in [0.5, 0.6) is 0 Å². The van der Waals surface area contributed by atoms with Gasteiger partial charge in [0.15, 0.2) is 0 Å². The normalized spacial score (nSPS) is 16.2. The fourth-order valence-electron chi connectivity index (χ4n) is 1.90. The molecule has 2 unspecified atom stereocenters. The number of likely N-dealkylation sites (N-methyl/N-ethyl adjacent to an activating group) is 1. The van der Waals surface area contributed by atoms with E-state index in [4.69, 9.17) is 10.5 Å². The molecule has 0 aliphatic carbocycles. The van der Waals surface area contributed by atoms with Crippen LogP contribution in [0.25, 0.3) is 0 Å². The molecule has 0 saturated heterocycles. The van der Waals surface area contributed by atoms with Gasteiger partial charge in [-0.05, 0) is 52.7 Å². The Morgan fingerprint density at radius 3 is 2.41 bits per heavy atom. The van der Waals surface area contributed by atoms with Crippen LogP contribution in [0.3, 0.4) is 0 Å². The highest BCUT2D eigenvalue weighted by atomic mass is 32.2. The van der Waals surface area contributed by atoms with Crippen LogP contribution in [-0.2, 0) is 4.74 Å². The third-order valence-electron chi connectivity index (χ3n) is 3.56. The van der Waals surface area contributed by atoms with Crippen molar-refractivity contribution in [3.8, 4) is 0 Å². The highest BCUT2D eigenvalue weighted by molar-refractivity contribution is 7.98. The Labute approximate surface area is 111 Å². The summed E-state index contributed by atoms with van der Waals surface area (Å²) in [5, 5.41) is 0. The molecule has 0 spiro atoms. The van der Waals surface area contributed by atoms with Gasteiger partial charge in [-0.15, -0.1) is 0 Å². The second kappa shape index (κ2) is 8.35. The van der Waals surface area contributed by atoms with E-state index in [2.05, 4.69) is 39.0 Å². The molecule has 4 heteroatoms. The maximum atomic E-state index is 5.90. The molecule has 0 fully saturated rings. The Bertz CT molecular complexity index is 200. The molecule has 0 amide bonds. The van der Waals surface area contributed by atoms with E-state index in [1.165, 1.54) is 12.2 Å². The van der Waals surface area contributed by atoms with Gasteiger partial charge in [0.1, 0.15) is 0 Å². The number of ether oxygens (including phenoxy) is 1. The van der Waals surface area contributed by atoms with Crippen molar-refractivity contribution < 1.29 is 4.74 Å². The van der Waals surface area contributed by atoms with E-state index in [-0.39, 0.29) is 5.60 Å². The van der Waals surface area contributed by atoms with E-state index in [1.54, 1.807) is 7.11 Å². The number of nitrogens with two attached hydrogens (primary N) is 1. The van der Waals surface area contributed by atoms with Crippen molar-refractivity contribution in [3.63, 3.8) is 0 Å². The second-order valence-electron chi connectivity index (χ2n) is 5.35. The summed E-state index contributed by atoms with van der Waals surface area (Å²) < 4.78 is 5.49. The average molecular weight is 262 g/mol. The second-order valence-corrected chi connectivity index (χ2v) is 6.34. The van der Waals surface area contributed by atoms with E-state index in [0.717, 1.165) is 6.42 Å². The Hall–Kier alpha value is 0.230. The van der Waals surface area contributed by atoms with Crippen molar-refractivity contribution in [1.29, 1.82) is 0 Å². The lowest BCUT2D eigenvalue weighted by atomic mass is 9.97. The van der Waals surface area contributed by atoms with Crippen molar-refractivity contribution in [2.45, 2.75) is 51.3 Å². The number of hydrogen-bond acceptors (Lipinski definition) is 4. The largest absolute Gasteiger partial charge is 0.379 e. The Kier molecular flexibility index (Phi) is 8.47. The summed E-state index contributed by atoms with van der Waals surface area (Å²) in [5.41, 5.74) is 5.80. The maximum absolute atomic E-state index is 5.90. The monoisotopic (exact) mass is 262 g/mol. The summed E-state index contributed by atoms with van der Waals surface area (Å²) in [5.74, 6) is 1.20. The number of rotatable bonds is 9. The molecule has 0 heterocycles. The van der Waals surface area contributed by atoms with Crippen LogP contribution in [-0.4, -0.2) is 55.3 Å². The van der Waals surface area contributed by atoms with Gasteiger partial charge >= 0.3 is 0 Å². The van der Waals surface area contributed by atoms with E-state index in [0.29, 0.717) is 18.6 Å². The van der Waals surface area contributed by atoms with Gasteiger partial charge in [0.2, 0.25) is 0 Å². The van der Waals surface area contributed by atoms with E-state index in [1.807, 2.05) is 11.8 Å². The molecule has 0 aliphatic rings. The molecule has 0 aliphatic heterocycles. The van der Waals surface area contributed by atoms with Crippen LogP contribution < -0.4 is 5.73 Å². The van der Waals surface area contributed by atoms with Crippen molar-refractivity contribution >= 4 is 11.8 Å². The molecule has 0 aromatic rings. The molecular weight excluding hydrogens is 232 g/mol. The minimum Gasteiger partial charge on any atom is -0.379 e. The first kappa shape index (κ1) is 17.2. The zero-order chi connectivity index (χ0) is 13.5. The molecule has 3 nitrogen and oxygen atoms in total. The zero-order valence-electron chi connectivity index (χ0n) is 12.3. The Balaban J connectivity index is 4.33. The van der Waals surface area contributed by atoms with Gasteiger partial charge < -0.3 is 10.5 Å². The fraction of sp³-hybridized carbons (Fsp3) is 1.00. The molecule has 2 N–H and O–H groups in total. The smallest absolute Gasteiger partial charge is 0.0638 e. The summed E-state index contributed by atoms with van der Waals surface area (Å²) in [4.78, 5) is 2.40. The van der Waals surface area contributed by atoms with Crippen LogP contribution in [0.1, 0.15) is 33.6 Å². The first-order valence-corrected chi connectivity index (χ1v) is 7.73. The van der Waals surface area contributed by atoms with Gasteiger partial charge in [-0.25, -0.2) is 0 Å². The lowest BCUT2D eigenvalue weighted by Crippen LogP contribution is -2.47. The van der Waals surface area contributed by atoms with Gasteiger partial charge in [-0.1, -0.05) is 0 Å². The van der Waals surface area contributed by atoms with Gasteiger partial charge in [0.05, 0.1) is 5.60 Å². The standard InChI is InChI=1S/C13H30N2OS/c1-11(7-8-17-6)15(4)12(10-14)9-13(2,3)16-5/h11-12H,7-10,14H2,1-6H3.